The third-order valence-corrected chi connectivity index (χ3v) is 7.65. The molecule has 0 spiro atoms. The van der Waals surface area contributed by atoms with Crippen LogP contribution in [0.5, 0.6) is 0 Å². The van der Waals surface area contributed by atoms with Crippen molar-refractivity contribution >= 4 is 5.91 Å². The van der Waals surface area contributed by atoms with Gasteiger partial charge in [0.2, 0.25) is 5.91 Å². The van der Waals surface area contributed by atoms with Crippen molar-refractivity contribution in [3.8, 4) is 11.1 Å². The quantitative estimate of drug-likeness (QED) is 0.247. The average molecular weight is 566 g/mol. The fraction of sp³-hybridized carbons (Fsp3) is 0.314. The number of aliphatic hydroxyl groups is 1. The first-order valence-electron chi connectivity index (χ1n) is 14.5. The summed E-state index contributed by atoms with van der Waals surface area (Å²) in [6, 6.07) is 30.4. The van der Waals surface area contributed by atoms with E-state index in [0.29, 0.717) is 6.54 Å². The van der Waals surface area contributed by atoms with Crippen LogP contribution in [0.3, 0.4) is 0 Å². The van der Waals surface area contributed by atoms with Crippen LogP contribution in [0.15, 0.2) is 97.2 Å². The lowest BCUT2D eigenvalue weighted by atomic mass is 9.97. The van der Waals surface area contributed by atoms with Gasteiger partial charge in [0.1, 0.15) is 0 Å². The first-order valence-corrected chi connectivity index (χ1v) is 14.5. The first-order chi connectivity index (χ1) is 20.5. The highest BCUT2D eigenvalue weighted by Gasteiger charge is 2.32. The molecule has 1 amide bonds. The highest BCUT2D eigenvalue weighted by atomic mass is 16.7. The smallest absolute Gasteiger partial charge is 0.217 e. The minimum Gasteiger partial charge on any atom is -0.392 e. The zero-order chi connectivity index (χ0) is 29.3. The Labute approximate surface area is 248 Å². The van der Waals surface area contributed by atoms with Gasteiger partial charge in [-0.3, -0.25) is 9.78 Å². The van der Waals surface area contributed by atoms with Gasteiger partial charge in [-0.1, -0.05) is 78.9 Å². The number of rotatable bonds is 11. The van der Waals surface area contributed by atoms with Gasteiger partial charge in [0.15, 0.2) is 6.29 Å². The Morgan fingerprint density at radius 1 is 0.952 bits per heavy atom. The van der Waals surface area contributed by atoms with E-state index in [0.717, 1.165) is 65.0 Å². The molecule has 1 aliphatic heterocycles. The number of likely N-dealkylation sites (N-methyl/N-ethyl adjacent to an activating group) is 1. The summed E-state index contributed by atoms with van der Waals surface area (Å²) in [6.45, 7) is 3.68. The number of carbonyl (C=O) groups excluding carboxylic acids is 1. The number of carbonyl (C=O) groups is 1. The Bertz CT molecular complexity index is 1430. The summed E-state index contributed by atoms with van der Waals surface area (Å²) < 4.78 is 13.1. The van der Waals surface area contributed by atoms with Crippen molar-refractivity contribution < 1.29 is 19.4 Å². The lowest BCUT2D eigenvalue weighted by Crippen LogP contribution is -2.38. The number of aliphatic hydroxyl groups excluding tert-OH is 1. The largest absolute Gasteiger partial charge is 0.392 e. The van der Waals surface area contributed by atoms with Crippen molar-refractivity contribution in [1.82, 2.24) is 15.2 Å². The molecule has 2 heterocycles. The second-order valence-corrected chi connectivity index (χ2v) is 10.9. The van der Waals surface area contributed by atoms with Crippen LogP contribution in [-0.2, 0) is 33.8 Å². The fourth-order valence-electron chi connectivity index (χ4n) is 5.32. The Hall–Kier alpha value is -3.88. The molecular weight excluding hydrogens is 526 g/mol. The van der Waals surface area contributed by atoms with Gasteiger partial charge in [-0.25, -0.2) is 0 Å². The van der Waals surface area contributed by atoms with E-state index in [4.69, 9.17) is 9.47 Å². The van der Waals surface area contributed by atoms with Crippen LogP contribution < -0.4 is 5.32 Å². The molecule has 0 unspecified atom stereocenters. The molecule has 4 aromatic rings. The third kappa shape index (κ3) is 7.89. The highest BCUT2D eigenvalue weighted by molar-refractivity contribution is 5.74. The molecule has 218 valence electrons. The zero-order valence-corrected chi connectivity index (χ0v) is 24.3. The molecule has 1 aromatic heterocycles. The van der Waals surface area contributed by atoms with E-state index >= 15 is 0 Å². The van der Waals surface area contributed by atoms with E-state index in [1.54, 1.807) is 0 Å². The minimum atomic E-state index is -0.515. The Morgan fingerprint density at radius 2 is 1.69 bits per heavy atom. The molecule has 2 N–H and O–H groups in total. The van der Waals surface area contributed by atoms with Crippen LogP contribution in [-0.4, -0.2) is 47.1 Å². The third-order valence-electron chi connectivity index (χ3n) is 7.65. The van der Waals surface area contributed by atoms with Crippen LogP contribution in [0.1, 0.15) is 53.7 Å². The normalized spacial score (nSPS) is 18.6. The number of nitrogens with one attached hydrogen (secondary N) is 1. The van der Waals surface area contributed by atoms with Gasteiger partial charge < -0.3 is 24.8 Å². The second-order valence-electron chi connectivity index (χ2n) is 10.9. The SMILES string of the molecule is CC(=O)NCc1ccccc1-c1ccc([C@H]2O[C@@H](CN(C)CCc3ccccn3)C[C@@H](c3ccc(CO)cc3)O2)cc1. The Kier molecular flexibility index (Phi) is 10.1. The van der Waals surface area contributed by atoms with Crippen LogP contribution in [0, 0.1) is 0 Å². The number of nitrogens with zero attached hydrogens (tertiary/aromatic N) is 2. The number of benzene rings is 3. The molecule has 1 fully saturated rings. The van der Waals surface area contributed by atoms with Crippen LogP contribution >= 0.6 is 0 Å². The fourth-order valence-corrected chi connectivity index (χ4v) is 5.32. The summed E-state index contributed by atoms with van der Waals surface area (Å²) in [5.41, 5.74) is 7.19. The van der Waals surface area contributed by atoms with E-state index in [1.807, 2.05) is 60.8 Å². The standard InChI is InChI=1S/C35H39N3O4/c1-25(40)37-22-30-7-3-4-9-33(30)27-14-16-29(17-15-27)35-41-32(23-38(2)20-18-31-8-5-6-19-36-31)21-34(42-35)28-12-10-26(24-39)11-13-28/h3-17,19,32,34-35,39H,18,20-24H2,1-2H3,(H,37,40)/t32-,34+,35+/m1/s1. The maximum Gasteiger partial charge on any atom is 0.217 e. The Balaban J connectivity index is 1.32. The van der Waals surface area contributed by atoms with Gasteiger partial charge in [-0.05, 0) is 47.0 Å². The molecule has 3 aromatic carbocycles. The molecule has 3 atom stereocenters. The number of pyridine rings is 1. The summed E-state index contributed by atoms with van der Waals surface area (Å²) >= 11 is 0. The lowest BCUT2D eigenvalue weighted by molar-refractivity contribution is -0.252. The molecule has 0 bridgehead atoms. The topological polar surface area (TPSA) is 83.9 Å². The van der Waals surface area contributed by atoms with Crippen molar-refractivity contribution in [1.29, 1.82) is 0 Å². The van der Waals surface area contributed by atoms with Crippen molar-refractivity contribution in [2.24, 2.45) is 0 Å². The number of amides is 1. The predicted molar refractivity (Wildman–Crippen MR) is 163 cm³/mol. The van der Waals surface area contributed by atoms with Gasteiger partial charge in [0.05, 0.1) is 18.8 Å². The van der Waals surface area contributed by atoms with Gasteiger partial charge in [0, 0.05) is 56.9 Å². The maximum atomic E-state index is 11.5. The molecule has 5 rings (SSSR count). The van der Waals surface area contributed by atoms with Gasteiger partial charge >= 0.3 is 0 Å². The highest BCUT2D eigenvalue weighted by Crippen LogP contribution is 2.38. The van der Waals surface area contributed by atoms with Crippen LogP contribution in [0.4, 0.5) is 0 Å². The molecule has 7 nitrogen and oxygen atoms in total. The van der Waals surface area contributed by atoms with E-state index < -0.39 is 6.29 Å². The summed E-state index contributed by atoms with van der Waals surface area (Å²) in [4.78, 5) is 18.2. The average Bonchev–Trinajstić information content (AvgIpc) is 3.03. The van der Waals surface area contributed by atoms with Crippen molar-refractivity contribution in [2.45, 2.75) is 51.4 Å². The molecule has 0 aliphatic carbocycles. The molecule has 0 saturated carbocycles. The summed E-state index contributed by atoms with van der Waals surface area (Å²) in [5.74, 6) is -0.0516. The lowest BCUT2D eigenvalue weighted by Gasteiger charge is -2.38. The monoisotopic (exact) mass is 565 g/mol. The van der Waals surface area contributed by atoms with Crippen molar-refractivity contribution in [3.63, 3.8) is 0 Å². The van der Waals surface area contributed by atoms with Gasteiger partial charge in [-0.15, -0.1) is 0 Å². The summed E-state index contributed by atoms with van der Waals surface area (Å²) in [5, 5.41) is 12.4. The molecule has 0 radical (unpaired) electrons. The van der Waals surface area contributed by atoms with Crippen molar-refractivity contribution in [3.05, 3.63) is 125 Å². The zero-order valence-electron chi connectivity index (χ0n) is 24.3. The summed E-state index contributed by atoms with van der Waals surface area (Å²) in [6.07, 6.45) is 2.76. The molecule has 7 heteroatoms. The van der Waals surface area contributed by atoms with E-state index in [9.17, 15) is 9.90 Å². The molecule has 1 saturated heterocycles. The predicted octanol–water partition coefficient (Wildman–Crippen LogP) is 5.60. The molecule has 1 aliphatic rings. The maximum absolute atomic E-state index is 11.5. The number of ether oxygens (including phenoxy) is 2. The van der Waals surface area contributed by atoms with E-state index in [1.165, 1.54) is 6.92 Å². The first kappa shape index (κ1) is 29.6. The number of hydrogen-bond acceptors (Lipinski definition) is 6. The van der Waals surface area contributed by atoms with Gasteiger partial charge in [-0.2, -0.15) is 0 Å². The molecular formula is C35H39N3O4. The van der Waals surface area contributed by atoms with E-state index in [-0.39, 0.29) is 24.7 Å². The summed E-state index contributed by atoms with van der Waals surface area (Å²) in [7, 11) is 2.12. The minimum absolute atomic E-state index is 0.0154. The second kappa shape index (κ2) is 14.3. The molecule has 42 heavy (non-hydrogen) atoms. The number of hydrogen-bond donors (Lipinski definition) is 2. The number of aromatic nitrogens is 1. The Morgan fingerprint density at radius 3 is 2.40 bits per heavy atom. The van der Waals surface area contributed by atoms with E-state index in [2.05, 4.69) is 58.6 Å². The van der Waals surface area contributed by atoms with Gasteiger partial charge in [0.25, 0.3) is 0 Å². The van der Waals surface area contributed by atoms with Crippen LogP contribution in [0.2, 0.25) is 0 Å². The van der Waals surface area contributed by atoms with Crippen molar-refractivity contribution in [2.75, 3.05) is 20.1 Å². The van der Waals surface area contributed by atoms with Crippen LogP contribution in [0.25, 0.3) is 11.1 Å².